The summed E-state index contributed by atoms with van der Waals surface area (Å²) in [5.41, 5.74) is 1.49. The number of rotatable bonds is 2. The first-order chi connectivity index (χ1) is 8.77. The van der Waals surface area contributed by atoms with E-state index in [0.717, 1.165) is 5.56 Å². The highest BCUT2D eigenvalue weighted by molar-refractivity contribution is 5.34. The molecule has 0 aliphatic rings. The zero-order valence-electron chi connectivity index (χ0n) is 10.1. The molecule has 0 aromatic heterocycles. The maximum absolute atomic E-state index is 13.6. The second kappa shape index (κ2) is 5.88. The Morgan fingerprint density at radius 2 is 1.83 bits per heavy atom. The molecule has 0 N–H and O–H groups in total. The van der Waals surface area contributed by atoms with Crippen LogP contribution in [0, 0.1) is 24.6 Å². The third-order valence-electron chi connectivity index (χ3n) is 2.46. The molecular weight excluding hydrogens is 227 g/mol. The highest BCUT2D eigenvalue weighted by atomic mass is 19.1. The molecule has 0 saturated carbocycles. The van der Waals surface area contributed by atoms with Gasteiger partial charge in [-0.15, -0.1) is 0 Å². The molecule has 0 aliphatic heterocycles. The van der Waals surface area contributed by atoms with Gasteiger partial charge >= 0.3 is 0 Å². The zero-order chi connectivity index (χ0) is 12.8. The van der Waals surface area contributed by atoms with Crippen molar-refractivity contribution in [3.63, 3.8) is 0 Å². The average molecular weight is 240 g/mol. The van der Waals surface area contributed by atoms with Crippen molar-refractivity contribution in [3.05, 3.63) is 65.5 Å². The summed E-state index contributed by atoms with van der Waals surface area (Å²) < 4.78 is 18.9. The van der Waals surface area contributed by atoms with Gasteiger partial charge in [0.25, 0.3) is 0 Å². The molecule has 0 amide bonds. The minimum absolute atomic E-state index is 0.176. The van der Waals surface area contributed by atoms with Crippen molar-refractivity contribution in [1.82, 2.24) is 0 Å². The fourth-order valence-corrected chi connectivity index (χ4v) is 1.51. The normalized spacial score (nSPS) is 9.44. The summed E-state index contributed by atoms with van der Waals surface area (Å²) in [5.74, 6) is 5.74. The summed E-state index contributed by atoms with van der Waals surface area (Å²) in [6.07, 6.45) is 0. The zero-order valence-corrected chi connectivity index (χ0v) is 10.1. The van der Waals surface area contributed by atoms with Crippen LogP contribution in [0.2, 0.25) is 0 Å². The van der Waals surface area contributed by atoms with Crippen LogP contribution in [0.5, 0.6) is 5.75 Å². The van der Waals surface area contributed by atoms with E-state index in [9.17, 15) is 4.39 Å². The number of halogens is 1. The lowest BCUT2D eigenvalue weighted by Gasteiger charge is -2.04. The molecule has 0 fully saturated rings. The second-order valence-electron chi connectivity index (χ2n) is 3.84. The molecule has 0 atom stereocenters. The van der Waals surface area contributed by atoms with Gasteiger partial charge < -0.3 is 4.74 Å². The number of hydrogen-bond acceptors (Lipinski definition) is 1. The molecule has 2 heteroatoms. The van der Waals surface area contributed by atoms with Crippen LogP contribution in [0.4, 0.5) is 4.39 Å². The Bertz CT molecular complexity index is 579. The number of benzene rings is 2. The fraction of sp³-hybridized carbons (Fsp3) is 0.125. The number of aryl methyl sites for hydroxylation is 1. The molecule has 0 radical (unpaired) electrons. The SMILES string of the molecule is Cc1cccc(OCC#Cc2ccccc2)c1F. The number of ether oxygens (including phenoxy) is 1. The maximum atomic E-state index is 13.6. The van der Waals surface area contributed by atoms with Crippen LogP contribution in [-0.4, -0.2) is 6.61 Å². The van der Waals surface area contributed by atoms with Gasteiger partial charge in [-0.2, -0.15) is 0 Å². The van der Waals surface area contributed by atoms with Crippen LogP contribution in [0.3, 0.4) is 0 Å². The van der Waals surface area contributed by atoms with Gasteiger partial charge in [0.1, 0.15) is 6.61 Å². The Kier molecular flexibility index (Phi) is 3.98. The highest BCUT2D eigenvalue weighted by Gasteiger charge is 2.04. The minimum atomic E-state index is -0.320. The summed E-state index contributed by atoms with van der Waals surface area (Å²) in [5, 5.41) is 0. The van der Waals surface area contributed by atoms with E-state index < -0.39 is 0 Å². The van der Waals surface area contributed by atoms with Crippen molar-refractivity contribution < 1.29 is 9.13 Å². The molecule has 0 aliphatic carbocycles. The molecule has 0 spiro atoms. The Balaban J connectivity index is 1.97. The average Bonchev–Trinajstić information content (AvgIpc) is 2.40. The van der Waals surface area contributed by atoms with Gasteiger partial charge in [-0.3, -0.25) is 0 Å². The first-order valence-electron chi connectivity index (χ1n) is 5.69. The summed E-state index contributed by atoms with van der Waals surface area (Å²) in [4.78, 5) is 0. The fourth-order valence-electron chi connectivity index (χ4n) is 1.51. The predicted molar refractivity (Wildman–Crippen MR) is 70.0 cm³/mol. The monoisotopic (exact) mass is 240 g/mol. The molecule has 0 bridgehead atoms. The number of hydrogen-bond donors (Lipinski definition) is 0. The van der Waals surface area contributed by atoms with Crippen LogP contribution in [-0.2, 0) is 0 Å². The second-order valence-corrected chi connectivity index (χ2v) is 3.84. The minimum Gasteiger partial charge on any atom is -0.478 e. The van der Waals surface area contributed by atoms with Crippen LogP contribution in [0.1, 0.15) is 11.1 Å². The molecule has 2 rings (SSSR count). The van der Waals surface area contributed by atoms with Gasteiger partial charge in [-0.25, -0.2) is 4.39 Å². The third-order valence-corrected chi connectivity index (χ3v) is 2.46. The topological polar surface area (TPSA) is 9.23 Å². The molecule has 1 nitrogen and oxygen atoms in total. The smallest absolute Gasteiger partial charge is 0.168 e. The van der Waals surface area contributed by atoms with Crippen LogP contribution < -0.4 is 4.74 Å². The Labute approximate surface area is 106 Å². The standard InChI is InChI=1S/C16H13FO/c1-13-7-5-11-15(16(13)17)18-12-6-10-14-8-3-2-4-9-14/h2-5,7-9,11H,12H2,1H3. The molecule has 2 aromatic carbocycles. The summed E-state index contributed by atoms with van der Waals surface area (Å²) in [7, 11) is 0. The first kappa shape index (κ1) is 12.2. The van der Waals surface area contributed by atoms with Crippen molar-refractivity contribution in [3.8, 4) is 17.6 Å². The van der Waals surface area contributed by atoms with E-state index in [-0.39, 0.29) is 18.2 Å². The van der Waals surface area contributed by atoms with E-state index >= 15 is 0 Å². The Morgan fingerprint density at radius 3 is 2.61 bits per heavy atom. The van der Waals surface area contributed by atoms with Crippen molar-refractivity contribution in [2.24, 2.45) is 0 Å². The van der Waals surface area contributed by atoms with E-state index in [2.05, 4.69) is 11.8 Å². The lowest BCUT2D eigenvalue weighted by molar-refractivity contribution is 0.347. The van der Waals surface area contributed by atoms with Gasteiger partial charge in [0.15, 0.2) is 11.6 Å². The molecule has 2 aromatic rings. The van der Waals surface area contributed by atoms with Crippen LogP contribution in [0.15, 0.2) is 48.5 Å². The van der Waals surface area contributed by atoms with E-state index in [1.807, 2.05) is 30.3 Å². The molecular formula is C16H13FO. The van der Waals surface area contributed by atoms with Gasteiger partial charge in [0.2, 0.25) is 0 Å². The summed E-state index contributed by atoms with van der Waals surface area (Å²) in [6.45, 7) is 1.88. The maximum Gasteiger partial charge on any atom is 0.168 e. The predicted octanol–water partition coefficient (Wildman–Crippen LogP) is 3.56. The van der Waals surface area contributed by atoms with E-state index in [0.29, 0.717) is 5.56 Å². The highest BCUT2D eigenvalue weighted by Crippen LogP contribution is 2.19. The van der Waals surface area contributed by atoms with Gasteiger partial charge in [-0.05, 0) is 30.7 Å². The van der Waals surface area contributed by atoms with Gasteiger partial charge in [0, 0.05) is 5.56 Å². The van der Waals surface area contributed by atoms with Gasteiger partial charge in [0.05, 0.1) is 0 Å². The van der Waals surface area contributed by atoms with Crippen molar-refractivity contribution in [2.45, 2.75) is 6.92 Å². The quantitative estimate of drug-likeness (QED) is 0.729. The van der Waals surface area contributed by atoms with Crippen molar-refractivity contribution in [1.29, 1.82) is 0 Å². The third kappa shape index (κ3) is 3.11. The largest absolute Gasteiger partial charge is 0.478 e. The van der Waals surface area contributed by atoms with E-state index in [1.165, 1.54) is 0 Å². The lowest BCUT2D eigenvalue weighted by atomic mass is 10.2. The Hall–Kier alpha value is -2.27. The van der Waals surface area contributed by atoms with Crippen LogP contribution in [0.25, 0.3) is 0 Å². The van der Waals surface area contributed by atoms with Crippen molar-refractivity contribution >= 4 is 0 Å². The van der Waals surface area contributed by atoms with Crippen LogP contribution >= 0.6 is 0 Å². The first-order valence-corrected chi connectivity index (χ1v) is 5.69. The van der Waals surface area contributed by atoms with Crippen molar-refractivity contribution in [2.75, 3.05) is 6.61 Å². The van der Waals surface area contributed by atoms with E-state index in [4.69, 9.17) is 4.74 Å². The molecule has 18 heavy (non-hydrogen) atoms. The molecule has 90 valence electrons. The molecule has 0 heterocycles. The summed E-state index contributed by atoms with van der Waals surface area (Å²) in [6, 6.07) is 14.7. The molecule has 0 unspecified atom stereocenters. The summed E-state index contributed by atoms with van der Waals surface area (Å²) >= 11 is 0. The molecule has 0 saturated heterocycles. The Morgan fingerprint density at radius 1 is 1.06 bits per heavy atom. The van der Waals surface area contributed by atoms with E-state index in [1.54, 1.807) is 25.1 Å². The lowest BCUT2D eigenvalue weighted by Crippen LogP contribution is -1.97. The van der Waals surface area contributed by atoms with Gasteiger partial charge in [-0.1, -0.05) is 42.2 Å².